The minimum atomic E-state index is 0.558. The normalized spacial score (nSPS) is 10.3. The van der Waals surface area contributed by atoms with E-state index in [2.05, 4.69) is 42.9 Å². The SMILES string of the molecule is CCNc1nc(-c2cccc(OC)n2)nc(C)c1I. The third-order valence-corrected chi connectivity index (χ3v) is 3.81. The average molecular weight is 370 g/mol. The minimum absolute atomic E-state index is 0.558. The summed E-state index contributed by atoms with van der Waals surface area (Å²) in [6, 6.07) is 5.55. The van der Waals surface area contributed by atoms with Gasteiger partial charge in [-0.25, -0.2) is 15.0 Å². The van der Waals surface area contributed by atoms with Crippen LogP contribution in [-0.4, -0.2) is 28.6 Å². The Morgan fingerprint density at radius 2 is 2.05 bits per heavy atom. The van der Waals surface area contributed by atoms with Gasteiger partial charge in [-0.2, -0.15) is 0 Å². The Hall–Kier alpha value is -1.44. The van der Waals surface area contributed by atoms with E-state index in [9.17, 15) is 0 Å². The van der Waals surface area contributed by atoms with E-state index in [0.717, 1.165) is 21.6 Å². The maximum absolute atomic E-state index is 5.12. The predicted octanol–water partition coefficient (Wildman–Crippen LogP) is 2.89. The third-order valence-electron chi connectivity index (χ3n) is 2.52. The van der Waals surface area contributed by atoms with E-state index in [1.165, 1.54) is 0 Å². The molecule has 2 aromatic rings. The van der Waals surface area contributed by atoms with Gasteiger partial charge in [0.05, 0.1) is 16.4 Å². The number of hydrogen-bond acceptors (Lipinski definition) is 5. The van der Waals surface area contributed by atoms with Crippen molar-refractivity contribution in [2.75, 3.05) is 19.0 Å². The fourth-order valence-electron chi connectivity index (χ4n) is 1.61. The molecule has 0 saturated heterocycles. The highest BCUT2D eigenvalue weighted by Crippen LogP contribution is 2.23. The van der Waals surface area contributed by atoms with Gasteiger partial charge in [-0.15, -0.1) is 0 Å². The summed E-state index contributed by atoms with van der Waals surface area (Å²) in [4.78, 5) is 13.4. The third kappa shape index (κ3) is 3.12. The van der Waals surface area contributed by atoms with E-state index < -0.39 is 0 Å². The van der Waals surface area contributed by atoms with Crippen LogP contribution >= 0.6 is 22.6 Å². The molecule has 0 aromatic carbocycles. The number of aromatic nitrogens is 3. The summed E-state index contributed by atoms with van der Waals surface area (Å²) in [6.07, 6.45) is 0. The fourth-order valence-corrected chi connectivity index (χ4v) is 2.04. The topological polar surface area (TPSA) is 59.9 Å². The first-order chi connectivity index (χ1) is 9.15. The Balaban J connectivity index is 2.49. The second-order valence-corrected chi connectivity index (χ2v) is 4.97. The molecular weight excluding hydrogens is 355 g/mol. The molecular formula is C13H15IN4O. The van der Waals surface area contributed by atoms with Gasteiger partial charge in [0.25, 0.3) is 0 Å². The van der Waals surface area contributed by atoms with Crippen molar-refractivity contribution in [2.45, 2.75) is 13.8 Å². The van der Waals surface area contributed by atoms with E-state index in [0.29, 0.717) is 17.4 Å². The summed E-state index contributed by atoms with van der Waals surface area (Å²) in [5.41, 5.74) is 1.64. The van der Waals surface area contributed by atoms with Crippen LogP contribution in [0.2, 0.25) is 0 Å². The van der Waals surface area contributed by atoms with Gasteiger partial charge in [-0.05, 0) is 42.5 Å². The Morgan fingerprint density at radius 1 is 1.26 bits per heavy atom. The van der Waals surface area contributed by atoms with Crippen LogP contribution in [0.25, 0.3) is 11.5 Å². The molecule has 2 aromatic heterocycles. The van der Waals surface area contributed by atoms with E-state index >= 15 is 0 Å². The highest BCUT2D eigenvalue weighted by molar-refractivity contribution is 14.1. The molecule has 0 amide bonds. The molecule has 1 N–H and O–H groups in total. The van der Waals surface area contributed by atoms with Gasteiger partial charge in [0.1, 0.15) is 11.5 Å². The molecule has 0 unspecified atom stereocenters. The molecule has 6 heteroatoms. The van der Waals surface area contributed by atoms with Gasteiger partial charge in [-0.1, -0.05) is 6.07 Å². The fraction of sp³-hybridized carbons (Fsp3) is 0.308. The maximum Gasteiger partial charge on any atom is 0.213 e. The lowest BCUT2D eigenvalue weighted by atomic mass is 10.3. The largest absolute Gasteiger partial charge is 0.481 e. The van der Waals surface area contributed by atoms with E-state index in [1.807, 2.05) is 26.0 Å². The second-order valence-electron chi connectivity index (χ2n) is 3.89. The van der Waals surface area contributed by atoms with Crippen LogP contribution in [-0.2, 0) is 0 Å². The Kier molecular flexibility index (Phi) is 4.52. The van der Waals surface area contributed by atoms with Gasteiger partial charge >= 0.3 is 0 Å². The van der Waals surface area contributed by atoms with E-state index in [-0.39, 0.29) is 0 Å². The number of nitrogens with zero attached hydrogens (tertiary/aromatic N) is 3. The standard InChI is InChI=1S/C13H15IN4O/c1-4-15-13-11(14)8(2)16-12(18-13)9-6-5-7-10(17-9)19-3/h5-7H,4H2,1-3H3,(H,15,16,18). The monoisotopic (exact) mass is 370 g/mol. The van der Waals surface area contributed by atoms with Crippen LogP contribution in [0.15, 0.2) is 18.2 Å². The predicted molar refractivity (Wildman–Crippen MR) is 83.4 cm³/mol. The molecule has 0 fully saturated rings. The second kappa shape index (κ2) is 6.14. The van der Waals surface area contributed by atoms with Crippen LogP contribution in [0.1, 0.15) is 12.6 Å². The summed E-state index contributed by atoms with van der Waals surface area (Å²) in [6.45, 7) is 4.82. The van der Waals surface area contributed by atoms with Crippen molar-refractivity contribution < 1.29 is 4.74 Å². The first kappa shape index (κ1) is 14.0. The van der Waals surface area contributed by atoms with E-state index in [1.54, 1.807) is 13.2 Å². The molecule has 0 aliphatic heterocycles. The van der Waals surface area contributed by atoms with Crippen molar-refractivity contribution in [1.82, 2.24) is 15.0 Å². The van der Waals surface area contributed by atoms with Crippen molar-refractivity contribution >= 4 is 28.4 Å². The first-order valence-corrected chi connectivity index (χ1v) is 7.03. The Bertz CT molecular complexity index is 589. The minimum Gasteiger partial charge on any atom is -0.481 e. The van der Waals surface area contributed by atoms with Gasteiger partial charge in [0.2, 0.25) is 5.88 Å². The summed E-state index contributed by atoms with van der Waals surface area (Å²) in [7, 11) is 1.59. The molecule has 19 heavy (non-hydrogen) atoms. The van der Waals surface area contributed by atoms with Gasteiger partial charge in [-0.3, -0.25) is 0 Å². The number of anilines is 1. The highest BCUT2D eigenvalue weighted by atomic mass is 127. The first-order valence-electron chi connectivity index (χ1n) is 5.95. The van der Waals surface area contributed by atoms with Crippen molar-refractivity contribution in [1.29, 1.82) is 0 Å². The van der Waals surface area contributed by atoms with Crippen molar-refractivity contribution in [2.24, 2.45) is 0 Å². The lowest BCUT2D eigenvalue weighted by molar-refractivity contribution is 0.398. The van der Waals surface area contributed by atoms with Crippen molar-refractivity contribution in [3.05, 3.63) is 27.5 Å². The average Bonchev–Trinajstić information content (AvgIpc) is 2.44. The summed E-state index contributed by atoms with van der Waals surface area (Å²) >= 11 is 2.25. The molecule has 0 aliphatic carbocycles. The van der Waals surface area contributed by atoms with Crippen LogP contribution in [0.3, 0.4) is 0 Å². The summed E-state index contributed by atoms with van der Waals surface area (Å²) < 4.78 is 6.16. The van der Waals surface area contributed by atoms with Gasteiger partial charge in [0, 0.05) is 12.6 Å². The van der Waals surface area contributed by atoms with Crippen LogP contribution < -0.4 is 10.1 Å². The molecule has 0 spiro atoms. The molecule has 2 heterocycles. The lowest BCUT2D eigenvalue weighted by Crippen LogP contribution is -2.06. The molecule has 2 rings (SSSR count). The number of rotatable bonds is 4. The lowest BCUT2D eigenvalue weighted by Gasteiger charge is -2.10. The van der Waals surface area contributed by atoms with Gasteiger partial charge < -0.3 is 10.1 Å². The number of ether oxygens (including phenoxy) is 1. The zero-order valence-corrected chi connectivity index (χ0v) is 13.2. The quantitative estimate of drug-likeness (QED) is 0.839. The zero-order valence-electron chi connectivity index (χ0n) is 11.1. The smallest absolute Gasteiger partial charge is 0.213 e. The number of pyridine rings is 1. The van der Waals surface area contributed by atoms with Crippen LogP contribution in [0, 0.1) is 10.5 Å². The van der Waals surface area contributed by atoms with Crippen LogP contribution in [0.5, 0.6) is 5.88 Å². The highest BCUT2D eigenvalue weighted by Gasteiger charge is 2.11. The molecule has 0 atom stereocenters. The molecule has 0 aliphatic rings. The van der Waals surface area contributed by atoms with Crippen molar-refractivity contribution in [3.63, 3.8) is 0 Å². The number of aryl methyl sites for hydroxylation is 1. The summed E-state index contributed by atoms with van der Waals surface area (Å²) in [5, 5.41) is 3.24. The molecule has 0 bridgehead atoms. The summed E-state index contributed by atoms with van der Waals surface area (Å²) in [5.74, 6) is 2.00. The zero-order chi connectivity index (χ0) is 13.8. The Labute approximate surface area is 126 Å². The molecule has 0 radical (unpaired) electrons. The van der Waals surface area contributed by atoms with E-state index in [4.69, 9.17) is 4.74 Å². The number of nitrogens with one attached hydrogen (secondary N) is 1. The maximum atomic E-state index is 5.12. The van der Waals surface area contributed by atoms with Crippen LogP contribution in [0.4, 0.5) is 5.82 Å². The number of methoxy groups -OCH3 is 1. The molecule has 5 nitrogen and oxygen atoms in total. The molecule has 100 valence electrons. The van der Waals surface area contributed by atoms with Gasteiger partial charge in [0.15, 0.2) is 5.82 Å². The van der Waals surface area contributed by atoms with Crippen molar-refractivity contribution in [3.8, 4) is 17.4 Å². The Morgan fingerprint density at radius 3 is 2.74 bits per heavy atom. The number of hydrogen-bond donors (Lipinski definition) is 1. The molecule has 0 saturated carbocycles. The number of halogens is 1.